The van der Waals surface area contributed by atoms with Crippen LogP contribution in [-0.2, 0) is 4.74 Å². The topological polar surface area (TPSA) is 124 Å². The number of esters is 1. The number of carbonyl (C=O) groups is 1. The van der Waals surface area contributed by atoms with Crippen molar-refractivity contribution in [3.05, 3.63) is 92.9 Å². The zero-order valence-electron chi connectivity index (χ0n) is 21.5. The van der Waals surface area contributed by atoms with E-state index in [9.17, 15) is 19.7 Å². The lowest BCUT2D eigenvalue weighted by Crippen LogP contribution is -2.47. The summed E-state index contributed by atoms with van der Waals surface area (Å²) in [6.07, 6.45) is 3.16. The number of hydrogen-bond donors (Lipinski definition) is 0. The van der Waals surface area contributed by atoms with Gasteiger partial charge in [0, 0.05) is 44.6 Å². The number of nitrogens with zero attached hydrogens (tertiary/aromatic N) is 6. The molecule has 0 aliphatic carbocycles. The Morgan fingerprint density at radius 3 is 2.52 bits per heavy atom. The van der Waals surface area contributed by atoms with Gasteiger partial charge in [0.15, 0.2) is 5.13 Å². The fourth-order valence-corrected chi connectivity index (χ4v) is 5.90. The predicted octanol–water partition coefficient (Wildman–Crippen LogP) is 4.41. The van der Waals surface area contributed by atoms with Gasteiger partial charge in [-0.15, -0.1) is 0 Å². The second kappa shape index (κ2) is 10.4. The van der Waals surface area contributed by atoms with E-state index in [-0.39, 0.29) is 23.2 Å². The number of aromatic nitrogens is 3. The van der Waals surface area contributed by atoms with Crippen molar-refractivity contribution in [3.8, 4) is 5.13 Å². The number of nitro groups is 1. The summed E-state index contributed by atoms with van der Waals surface area (Å²) < 4.78 is 7.71. The minimum Gasteiger partial charge on any atom is -0.462 e. The van der Waals surface area contributed by atoms with E-state index >= 15 is 0 Å². The number of piperazine rings is 1. The van der Waals surface area contributed by atoms with Gasteiger partial charge in [0.2, 0.25) is 5.43 Å². The molecule has 0 radical (unpaired) electrons. The average molecular weight is 557 g/mol. The molecule has 0 atom stereocenters. The van der Waals surface area contributed by atoms with Crippen molar-refractivity contribution in [1.82, 2.24) is 14.5 Å². The van der Waals surface area contributed by atoms with Gasteiger partial charge < -0.3 is 14.5 Å². The summed E-state index contributed by atoms with van der Waals surface area (Å²) in [6.45, 7) is 4.03. The molecule has 6 rings (SSSR count). The van der Waals surface area contributed by atoms with Gasteiger partial charge in [-0.05, 0) is 37.3 Å². The maximum atomic E-state index is 13.5. The molecule has 0 spiro atoms. The minimum absolute atomic E-state index is 0.0485. The van der Waals surface area contributed by atoms with Crippen molar-refractivity contribution < 1.29 is 14.5 Å². The van der Waals surface area contributed by atoms with Gasteiger partial charge in [0.05, 0.1) is 32.6 Å². The van der Waals surface area contributed by atoms with Gasteiger partial charge in [0.1, 0.15) is 17.1 Å². The normalized spacial score (nSPS) is 13.6. The van der Waals surface area contributed by atoms with Crippen molar-refractivity contribution in [2.75, 3.05) is 42.6 Å². The van der Waals surface area contributed by atoms with Crippen molar-refractivity contribution in [1.29, 1.82) is 0 Å². The monoisotopic (exact) mass is 556 g/mol. The highest BCUT2D eigenvalue weighted by Gasteiger charge is 2.28. The van der Waals surface area contributed by atoms with E-state index in [2.05, 4.69) is 9.88 Å². The molecule has 40 heavy (non-hydrogen) atoms. The number of pyridine rings is 2. The molecule has 1 aliphatic rings. The summed E-state index contributed by atoms with van der Waals surface area (Å²) in [5.41, 5.74) is 0.550. The lowest BCUT2D eigenvalue weighted by molar-refractivity contribution is -0.384. The number of ether oxygens (including phenoxy) is 1. The number of nitro benzene ring substituents is 1. The Balaban J connectivity index is 1.51. The molecule has 202 valence electrons. The van der Waals surface area contributed by atoms with Crippen molar-refractivity contribution >= 4 is 55.6 Å². The van der Waals surface area contributed by atoms with Crippen LogP contribution >= 0.6 is 11.3 Å². The molecule has 0 amide bonds. The number of thiazole rings is 1. The number of carbonyl (C=O) groups excluding carboxylic acids is 1. The molecule has 1 saturated heterocycles. The summed E-state index contributed by atoms with van der Waals surface area (Å²) in [7, 11) is 0. The molecular formula is C28H24N6O5S. The predicted molar refractivity (Wildman–Crippen MR) is 154 cm³/mol. The van der Waals surface area contributed by atoms with Gasteiger partial charge in [-0.3, -0.25) is 19.5 Å². The van der Waals surface area contributed by atoms with Gasteiger partial charge in [-0.1, -0.05) is 29.5 Å². The second-order valence-electron chi connectivity index (χ2n) is 9.20. The third kappa shape index (κ3) is 4.51. The van der Waals surface area contributed by atoms with Crippen molar-refractivity contribution in [2.24, 2.45) is 0 Å². The van der Waals surface area contributed by atoms with Crippen LogP contribution in [0.3, 0.4) is 0 Å². The Morgan fingerprint density at radius 1 is 1.07 bits per heavy atom. The second-order valence-corrected chi connectivity index (χ2v) is 10.2. The molecule has 4 heterocycles. The fourth-order valence-electron chi connectivity index (χ4n) is 4.94. The first-order valence-corrected chi connectivity index (χ1v) is 13.6. The lowest BCUT2D eigenvalue weighted by atomic mass is 10.1. The van der Waals surface area contributed by atoms with E-state index in [0.717, 1.165) is 16.0 Å². The van der Waals surface area contributed by atoms with Crippen molar-refractivity contribution in [3.63, 3.8) is 0 Å². The zero-order chi connectivity index (χ0) is 27.8. The Bertz CT molecular complexity index is 1780. The molecule has 0 bridgehead atoms. The summed E-state index contributed by atoms with van der Waals surface area (Å²) in [4.78, 5) is 51.2. The molecule has 2 aromatic carbocycles. The molecular weight excluding hydrogens is 532 g/mol. The average Bonchev–Trinajstić information content (AvgIpc) is 3.41. The third-order valence-electron chi connectivity index (χ3n) is 6.87. The Labute approximate surface area is 232 Å². The number of anilines is 2. The van der Waals surface area contributed by atoms with E-state index in [1.165, 1.54) is 23.6 Å². The summed E-state index contributed by atoms with van der Waals surface area (Å²) in [5, 5.41) is 12.8. The number of benzene rings is 2. The third-order valence-corrected chi connectivity index (χ3v) is 7.91. The van der Waals surface area contributed by atoms with Crippen LogP contribution in [0, 0.1) is 10.1 Å². The molecule has 12 heteroatoms. The Kier molecular flexibility index (Phi) is 6.60. The lowest BCUT2D eigenvalue weighted by Gasteiger charge is -2.36. The molecule has 3 aromatic heterocycles. The van der Waals surface area contributed by atoms with E-state index in [4.69, 9.17) is 9.72 Å². The molecule has 11 nitrogen and oxygen atoms in total. The van der Waals surface area contributed by atoms with E-state index in [1.54, 1.807) is 23.8 Å². The van der Waals surface area contributed by atoms with Crippen LogP contribution in [0.1, 0.15) is 17.3 Å². The smallest absolute Gasteiger partial charge is 0.343 e. The Hall–Kier alpha value is -4.84. The first-order valence-electron chi connectivity index (χ1n) is 12.8. The zero-order valence-corrected chi connectivity index (χ0v) is 22.3. The van der Waals surface area contributed by atoms with E-state index in [1.807, 2.05) is 47.4 Å². The van der Waals surface area contributed by atoms with Crippen LogP contribution in [0.4, 0.5) is 17.2 Å². The fraction of sp³-hybridized carbons (Fsp3) is 0.214. The summed E-state index contributed by atoms with van der Waals surface area (Å²) in [5.74, 6) is 0.0629. The molecule has 0 saturated carbocycles. The molecule has 1 fully saturated rings. The minimum atomic E-state index is -0.790. The number of fused-ring (bicyclic) bond motifs is 2. The molecule has 0 unspecified atom stereocenters. The van der Waals surface area contributed by atoms with Crippen LogP contribution in [0.25, 0.3) is 26.3 Å². The van der Waals surface area contributed by atoms with Crippen LogP contribution in [0.5, 0.6) is 0 Å². The van der Waals surface area contributed by atoms with E-state index < -0.39 is 16.3 Å². The highest BCUT2D eigenvalue weighted by Crippen LogP contribution is 2.35. The van der Waals surface area contributed by atoms with Gasteiger partial charge in [-0.2, -0.15) is 0 Å². The van der Waals surface area contributed by atoms with E-state index in [0.29, 0.717) is 42.5 Å². The number of hydrogen-bond acceptors (Lipinski definition) is 10. The quantitative estimate of drug-likeness (QED) is 0.170. The highest BCUT2D eigenvalue weighted by atomic mass is 32.1. The first-order chi connectivity index (χ1) is 19.4. The number of rotatable bonds is 6. The van der Waals surface area contributed by atoms with Crippen LogP contribution in [0.2, 0.25) is 0 Å². The SMILES string of the molecule is CCOC(=O)c1cn(-c2nc3ccccc3s2)c2cc(N3CCN(c4ccccn4)CC3)c([N+](=O)[O-])cc2c1=O. The maximum absolute atomic E-state index is 13.5. The maximum Gasteiger partial charge on any atom is 0.343 e. The standard InChI is InChI=1S/C28H24N6O5S/c1-2-39-27(36)19-17-33(28-30-20-7-3-4-8-24(20)40-28)21-16-22(23(34(37)38)15-18(21)26(19)35)31-11-13-32(14-12-31)25-9-5-6-10-29-25/h3-10,15-17H,2,11-14H2,1H3. The van der Waals surface area contributed by atoms with Crippen LogP contribution in [0.15, 0.2) is 71.8 Å². The van der Waals surface area contributed by atoms with Crippen LogP contribution in [-0.4, -0.2) is 58.2 Å². The van der Waals surface area contributed by atoms with Gasteiger partial charge in [0.25, 0.3) is 5.69 Å². The van der Waals surface area contributed by atoms with Gasteiger partial charge >= 0.3 is 5.97 Å². The Morgan fingerprint density at radius 2 is 1.82 bits per heavy atom. The largest absolute Gasteiger partial charge is 0.462 e. The summed E-state index contributed by atoms with van der Waals surface area (Å²) >= 11 is 1.39. The first kappa shape index (κ1) is 25.4. The molecule has 5 aromatic rings. The summed E-state index contributed by atoms with van der Waals surface area (Å²) in [6, 6.07) is 16.2. The van der Waals surface area contributed by atoms with Gasteiger partial charge in [-0.25, -0.2) is 14.8 Å². The van der Waals surface area contributed by atoms with Crippen LogP contribution < -0.4 is 15.2 Å². The highest BCUT2D eigenvalue weighted by molar-refractivity contribution is 7.20. The number of para-hydroxylation sites is 1. The van der Waals surface area contributed by atoms with Crippen molar-refractivity contribution in [2.45, 2.75) is 6.92 Å². The molecule has 1 aliphatic heterocycles. The molecule has 0 N–H and O–H groups in total.